The van der Waals surface area contributed by atoms with Gasteiger partial charge in [0.05, 0.1) is 25.0 Å². The summed E-state index contributed by atoms with van der Waals surface area (Å²) >= 11 is 0. The number of hydrogen-bond donors (Lipinski definition) is 1. The molecule has 36 heavy (non-hydrogen) atoms. The van der Waals surface area contributed by atoms with Gasteiger partial charge in [0.1, 0.15) is 17.3 Å². The van der Waals surface area contributed by atoms with Crippen LogP contribution in [0.2, 0.25) is 0 Å². The predicted octanol–water partition coefficient (Wildman–Crippen LogP) is 1.88. The number of anilines is 1. The van der Waals surface area contributed by atoms with Crippen LogP contribution in [0, 0.1) is 17.7 Å². The number of aromatic nitrogens is 4. The fraction of sp³-hybridized carbons (Fsp3) is 0.160. The monoisotopic (exact) mass is 486 g/mol. The lowest BCUT2D eigenvalue weighted by Crippen LogP contribution is -2.46. The second-order valence-corrected chi connectivity index (χ2v) is 7.83. The number of benzene rings is 1. The second kappa shape index (κ2) is 9.81. The van der Waals surface area contributed by atoms with Crippen molar-refractivity contribution in [3.8, 4) is 23.1 Å². The van der Waals surface area contributed by atoms with Gasteiger partial charge in [-0.05, 0) is 48.4 Å². The molecule has 1 atom stereocenters. The topological polar surface area (TPSA) is 125 Å². The number of halogens is 1. The number of nitrogens with zero attached hydrogens (tertiary/aromatic N) is 5. The highest BCUT2D eigenvalue weighted by atomic mass is 19.1. The molecule has 10 nitrogen and oxygen atoms in total. The van der Waals surface area contributed by atoms with Gasteiger partial charge in [-0.15, -0.1) is 0 Å². The minimum Gasteiger partial charge on any atom is -0.436 e. The highest BCUT2D eigenvalue weighted by Gasteiger charge is 2.26. The highest BCUT2D eigenvalue weighted by molar-refractivity contribution is 5.94. The molecule has 4 aromatic rings. The van der Waals surface area contributed by atoms with E-state index in [2.05, 4.69) is 26.9 Å². The Balaban J connectivity index is 1.41. The van der Waals surface area contributed by atoms with Crippen LogP contribution in [0.15, 0.2) is 54.9 Å². The van der Waals surface area contributed by atoms with E-state index in [1.165, 1.54) is 21.5 Å². The van der Waals surface area contributed by atoms with Crippen molar-refractivity contribution >= 4 is 23.8 Å². The number of fused-ring (bicyclic) bond motifs is 1. The third-order valence-corrected chi connectivity index (χ3v) is 5.50. The lowest BCUT2D eigenvalue weighted by atomic mass is 10.1. The number of imidazole rings is 1. The van der Waals surface area contributed by atoms with Gasteiger partial charge >= 0.3 is 0 Å². The Kier molecular flexibility index (Phi) is 6.25. The molecule has 5 rings (SSSR count). The van der Waals surface area contributed by atoms with E-state index in [9.17, 15) is 9.59 Å². The maximum absolute atomic E-state index is 15.1. The molecule has 0 radical (unpaired) electrons. The molecule has 1 aliphatic heterocycles. The zero-order chi connectivity index (χ0) is 25.1. The minimum atomic E-state index is -0.844. The van der Waals surface area contributed by atoms with Gasteiger partial charge in [-0.1, -0.05) is 5.92 Å². The van der Waals surface area contributed by atoms with Crippen molar-refractivity contribution in [2.45, 2.75) is 6.29 Å². The standard InChI is InChI=1S/C25H19FN6O4/c26-20-12-17(25(34)31-9-10-35-24(14-31)36-15-33)2-4-19(20)21-5-6-23-29-13-18(32(23)30-21)3-1-16-7-8-28-22(27)11-16/h2,4-8,11-13,15,24H,9-10,14H2,(H2,27,28). The van der Waals surface area contributed by atoms with Crippen LogP contribution in [0.3, 0.4) is 0 Å². The second-order valence-electron chi connectivity index (χ2n) is 7.83. The van der Waals surface area contributed by atoms with Crippen molar-refractivity contribution in [3.05, 3.63) is 77.5 Å². The zero-order valence-electron chi connectivity index (χ0n) is 18.8. The van der Waals surface area contributed by atoms with E-state index < -0.39 is 18.0 Å². The lowest BCUT2D eigenvalue weighted by Gasteiger charge is -2.31. The summed E-state index contributed by atoms with van der Waals surface area (Å²) in [5.41, 5.74) is 8.16. The average molecular weight is 486 g/mol. The van der Waals surface area contributed by atoms with Crippen LogP contribution < -0.4 is 5.73 Å². The molecular formula is C25H19FN6O4. The maximum Gasteiger partial charge on any atom is 0.295 e. The summed E-state index contributed by atoms with van der Waals surface area (Å²) in [6, 6.07) is 10.9. The number of nitrogen functional groups attached to an aromatic ring is 1. The molecule has 0 bridgehead atoms. The summed E-state index contributed by atoms with van der Waals surface area (Å²) in [7, 11) is 0. The van der Waals surface area contributed by atoms with E-state index in [4.69, 9.17) is 15.2 Å². The molecule has 1 amide bonds. The first-order chi connectivity index (χ1) is 17.5. The van der Waals surface area contributed by atoms with E-state index in [1.54, 1.807) is 36.7 Å². The van der Waals surface area contributed by atoms with E-state index in [-0.39, 0.29) is 30.8 Å². The number of amides is 1. The van der Waals surface area contributed by atoms with Crippen molar-refractivity contribution < 1.29 is 23.5 Å². The van der Waals surface area contributed by atoms with Crippen molar-refractivity contribution in [1.29, 1.82) is 0 Å². The number of carbonyl (C=O) groups excluding carboxylic acids is 2. The molecule has 1 unspecified atom stereocenters. The molecule has 3 aromatic heterocycles. The number of hydrogen-bond acceptors (Lipinski definition) is 8. The van der Waals surface area contributed by atoms with Crippen LogP contribution in [0.5, 0.6) is 0 Å². The zero-order valence-corrected chi connectivity index (χ0v) is 18.8. The van der Waals surface area contributed by atoms with E-state index in [0.29, 0.717) is 35.0 Å². The van der Waals surface area contributed by atoms with Gasteiger partial charge in [0.2, 0.25) is 6.29 Å². The molecule has 0 aliphatic carbocycles. The smallest absolute Gasteiger partial charge is 0.295 e. The van der Waals surface area contributed by atoms with Crippen molar-refractivity contribution in [2.24, 2.45) is 0 Å². The fourth-order valence-electron chi connectivity index (χ4n) is 3.75. The Bertz CT molecular complexity index is 1530. The Morgan fingerprint density at radius 3 is 2.89 bits per heavy atom. The third-order valence-electron chi connectivity index (χ3n) is 5.50. The van der Waals surface area contributed by atoms with Gasteiger partial charge in [0.25, 0.3) is 12.4 Å². The summed E-state index contributed by atoms with van der Waals surface area (Å²) in [5, 5.41) is 4.50. The molecule has 11 heteroatoms. The summed E-state index contributed by atoms with van der Waals surface area (Å²) in [6.07, 6.45) is 2.30. The van der Waals surface area contributed by atoms with Crippen LogP contribution in [0.25, 0.3) is 16.9 Å². The molecule has 180 valence electrons. The SMILES string of the molecule is Nc1cc(C#Cc2cnc3ccc(-c4ccc(C(=O)N5CCOC(OC=O)C5)cc4F)nn23)ccn1. The molecule has 1 aromatic carbocycles. The maximum atomic E-state index is 15.1. The number of carbonyl (C=O) groups is 2. The summed E-state index contributed by atoms with van der Waals surface area (Å²) in [5.74, 6) is 5.34. The molecular weight excluding hydrogens is 467 g/mol. The molecule has 0 saturated carbocycles. The van der Waals surface area contributed by atoms with E-state index in [1.807, 2.05) is 0 Å². The minimum absolute atomic E-state index is 0.0652. The largest absolute Gasteiger partial charge is 0.436 e. The molecule has 1 aliphatic rings. The summed E-state index contributed by atoms with van der Waals surface area (Å²) in [4.78, 5) is 33.1. The van der Waals surface area contributed by atoms with Gasteiger partial charge in [-0.2, -0.15) is 5.10 Å². The Labute approximate surface area is 204 Å². The average Bonchev–Trinajstić information content (AvgIpc) is 3.29. The first kappa shape index (κ1) is 22.9. The van der Waals surface area contributed by atoms with Crippen LogP contribution in [0.1, 0.15) is 21.6 Å². The molecule has 1 fully saturated rings. The van der Waals surface area contributed by atoms with Gasteiger partial charge in [-0.3, -0.25) is 9.59 Å². The first-order valence-corrected chi connectivity index (χ1v) is 10.9. The van der Waals surface area contributed by atoms with Gasteiger partial charge < -0.3 is 20.1 Å². The van der Waals surface area contributed by atoms with E-state index >= 15 is 4.39 Å². The number of rotatable bonds is 4. The molecule has 4 heterocycles. The highest BCUT2D eigenvalue weighted by Crippen LogP contribution is 2.23. The summed E-state index contributed by atoms with van der Waals surface area (Å²) < 4.78 is 26.7. The Morgan fingerprint density at radius 2 is 2.08 bits per heavy atom. The first-order valence-electron chi connectivity index (χ1n) is 10.9. The van der Waals surface area contributed by atoms with Crippen LogP contribution in [-0.2, 0) is 14.3 Å². The van der Waals surface area contributed by atoms with Crippen molar-refractivity contribution in [1.82, 2.24) is 24.5 Å². The summed E-state index contributed by atoms with van der Waals surface area (Å²) in [6.45, 7) is 0.841. The van der Waals surface area contributed by atoms with E-state index in [0.717, 1.165) is 6.07 Å². The Morgan fingerprint density at radius 1 is 1.19 bits per heavy atom. The van der Waals surface area contributed by atoms with Crippen LogP contribution in [0.4, 0.5) is 10.2 Å². The molecule has 0 spiro atoms. The Hall–Kier alpha value is -4.82. The van der Waals surface area contributed by atoms with Gasteiger partial charge in [0.15, 0.2) is 5.65 Å². The lowest BCUT2D eigenvalue weighted by molar-refractivity contribution is -0.177. The normalized spacial score (nSPS) is 15.2. The van der Waals surface area contributed by atoms with Crippen LogP contribution in [-0.4, -0.2) is 62.8 Å². The number of nitrogens with two attached hydrogens (primary N) is 1. The number of pyridine rings is 1. The van der Waals surface area contributed by atoms with Gasteiger partial charge in [-0.25, -0.2) is 18.9 Å². The third kappa shape index (κ3) is 4.70. The van der Waals surface area contributed by atoms with Crippen molar-refractivity contribution in [3.63, 3.8) is 0 Å². The predicted molar refractivity (Wildman–Crippen MR) is 126 cm³/mol. The molecule has 2 N–H and O–H groups in total. The van der Waals surface area contributed by atoms with Gasteiger partial charge in [0, 0.05) is 29.4 Å². The quantitative estimate of drug-likeness (QED) is 0.343. The molecule has 1 saturated heterocycles. The van der Waals surface area contributed by atoms with Crippen LogP contribution >= 0.6 is 0 Å². The van der Waals surface area contributed by atoms with Crippen molar-refractivity contribution in [2.75, 3.05) is 25.4 Å². The number of morpholine rings is 1. The fourth-order valence-corrected chi connectivity index (χ4v) is 3.75. The number of ether oxygens (including phenoxy) is 2.